The van der Waals surface area contributed by atoms with Crippen molar-refractivity contribution in [1.29, 1.82) is 0 Å². The molecule has 1 atom stereocenters. The molecular formula is C22H23N5S2. The van der Waals surface area contributed by atoms with Gasteiger partial charge in [-0.25, -0.2) is 9.67 Å². The van der Waals surface area contributed by atoms with Crippen LogP contribution in [-0.2, 0) is 6.67 Å². The largest absolute Gasteiger partial charge is 0.275 e. The fourth-order valence-corrected chi connectivity index (χ4v) is 5.54. The van der Waals surface area contributed by atoms with E-state index >= 15 is 0 Å². The van der Waals surface area contributed by atoms with Crippen molar-refractivity contribution in [3.05, 3.63) is 69.7 Å². The first-order valence-corrected chi connectivity index (χ1v) is 11.1. The number of para-hydroxylation sites is 1. The van der Waals surface area contributed by atoms with Gasteiger partial charge in [0.2, 0.25) is 4.77 Å². The molecule has 0 unspecified atom stereocenters. The molecule has 1 aliphatic heterocycles. The summed E-state index contributed by atoms with van der Waals surface area (Å²) in [6.45, 7) is 5.95. The van der Waals surface area contributed by atoms with Crippen LogP contribution in [0.3, 0.4) is 0 Å². The number of hydrogen-bond donors (Lipinski definition) is 0. The van der Waals surface area contributed by atoms with Crippen LogP contribution >= 0.6 is 23.6 Å². The Labute approximate surface area is 179 Å². The molecule has 2 aromatic heterocycles. The molecule has 1 saturated heterocycles. The van der Waals surface area contributed by atoms with Crippen molar-refractivity contribution >= 4 is 33.8 Å². The summed E-state index contributed by atoms with van der Waals surface area (Å²) in [5.74, 6) is 0. The van der Waals surface area contributed by atoms with E-state index in [0.717, 1.165) is 28.9 Å². The predicted octanol–water partition coefficient (Wildman–Crippen LogP) is 5.42. The van der Waals surface area contributed by atoms with Gasteiger partial charge in [-0.1, -0.05) is 29.8 Å². The van der Waals surface area contributed by atoms with Crippen LogP contribution in [0.4, 0.5) is 0 Å². The molecular weight excluding hydrogens is 398 g/mol. The molecule has 1 fully saturated rings. The topological polar surface area (TPSA) is 38.9 Å². The van der Waals surface area contributed by atoms with Crippen molar-refractivity contribution in [2.45, 2.75) is 39.4 Å². The van der Waals surface area contributed by atoms with E-state index in [1.54, 1.807) is 11.3 Å². The van der Waals surface area contributed by atoms with E-state index in [1.165, 1.54) is 27.3 Å². The van der Waals surface area contributed by atoms with E-state index < -0.39 is 0 Å². The van der Waals surface area contributed by atoms with E-state index in [0.29, 0.717) is 12.7 Å². The van der Waals surface area contributed by atoms with Gasteiger partial charge in [0.15, 0.2) is 0 Å². The highest BCUT2D eigenvalue weighted by molar-refractivity contribution is 7.71. The maximum Gasteiger partial charge on any atom is 0.203 e. The number of aromatic nitrogens is 4. The number of aryl methyl sites for hydroxylation is 2. The van der Waals surface area contributed by atoms with Gasteiger partial charge < -0.3 is 0 Å². The molecule has 1 aliphatic rings. The molecule has 2 aromatic carbocycles. The van der Waals surface area contributed by atoms with Gasteiger partial charge in [0.05, 0.1) is 28.6 Å². The zero-order chi connectivity index (χ0) is 20.0. The lowest BCUT2D eigenvalue weighted by atomic mass is 10.1. The van der Waals surface area contributed by atoms with Crippen molar-refractivity contribution in [2.24, 2.45) is 0 Å². The molecule has 0 saturated carbocycles. The highest BCUT2D eigenvalue weighted by Crippen LogP contribution is 2.36. The number of nitrogens with zero attached hydrogens (tertiary/aromatic N) is 5. The molecule has 148 valence electrons. The van der Waals surface area contributed by atoms with E-state index in [1.807, 2.05) is 15.6 Å². The molecule has 0 aliphatic carbocycles. The van der Waals surface area contributed by atoms with Gasteiger partial charge in [-0.15, -0.1) is 11.3 Å². The summed E-state index contributed by atoms with van der Waals surface area (Å²) in [5, 5.41) is 5.80. The molecule has 29 heavy (non-hydrogen) atoms. The van der Waals surface area contributed by atoms with Gasteiger partial charge in [-0.05, 0) is 62.7 Å². The van der Waals surface area contributed by atoms with Crippen LogP contribution in [-0.4, -0.2) is 30.8 Å². The van der Waals surface area contributed by atoms with Crippen LogP contribution in [0.25, 0.3) is 15.9 Å². The monoisotopic (exact) mass is 421 g/mol. The third-order valence-corrected chi connectivity index (χ3v) is 7.17. The lowest BCUT2D eigenvalue weighted by Gasteiger charge is -2.22. The van der Waals surface area contributed by atoms with Crippen LogP contribution in [0.2, 0.25) is 0 Å². The first-order valence-electron chi connectivity index (χ1n) is 9.92. The number of likely N-dealkylation sites (tertiary alicyclic amines) is 1. The summed E-state index contributed by atoms with van der Waals surface area (Å²) < 4.78 is 5.92. The first-order chi connectivity index (χ1) is 14.1. The van der Waals surface area contributed by atoms with Gasteiger partial charge in [0, 0.05) is 6.54 Å². The van der Waals surface area contributed by atoms with E-state index in [4.69, 9.17) is 17.2 Å². The second-order valence-corrected chi connectivity index (χ2v) is 9.13. The zero-order valence-corrected chi connectivity index (χ0v) is 18.2. The summed E-state index contributed by atoms with van der Waals surface area (Å²) in [7, 11) is 0. The average Bonchev–Trinajstić information content (AvgIpc) is 3.41. The van der Waals surface area contributed by atoms with Crippen LogP contribution in [0, 0.1) is 18.6 Å². The number of hydrogen-bond acceptors (Lipinski definition) is 5. The van der Waals surface area contributed by atoms with Gasteiger partial charge in [0.1, 0.15) is 11.3 Å². The molecule has 4 aromatic rings. The smallest absolute Gasteiger partial charge is 0.203 e. The summed E-state index contributed by atoms with van der Waals surface area (Å²) in [5.41, 5.74) is 4.64. The Hall–Kier alpha value is -2.35. The van der Waals surface area contributed by atoms with Crippen LogP contribution < -0.4 is 0 Å². The molecule has 0 bridgehead atoms. The molecule has 5 nitrogen and oxygen atoms in total. The van der Waals surface area contributed by atoms with Crippen molar-refractivity contribution in [2.75, 3.05) is 6.54 Å². The van der Waals surface area contributed by atoms with Crippen LogP contribution in [0.1, 0.15) is 35.0 Å². The van der Waals surface area contributed by atoms with Gasteiger partial charge in [-0.3, -0.25) is 9.47 Å². The number of fused-ring (bicyclic) bond motifs is 1. The maximum absolute atomic E-state index is 5.77. The van der Waals surface area contributed by atoms with Crippen molar-refractivity contribution in [3.63, 3.8) is 0 Å². The second-order valence-electron chi connectivity index (χ2n) is 7.70. The molecule has 0 radical (unpaired) electrons. The lowest BCUT2D eigenvalue weighted by Crippen LogP contribution is -2.27. The minimum Gasteiger partial charge on any atom is -0.275 e. The highest BCUT2D eigenvalue weighted by atomic mass is 32.1. The van der Waals surface area contributed by atoms with Gasteiger partial charge in [-0.2, -0.15) is 5.10 Å². The zero-order valence-electron chi connectivity index (χ0n) is 16.6. The Bertz CT molecular complexity index is 1200. The van der Waals surface area contributed by atoms with Crippen LogP contribution in [0.5, 0.6) is 0 Å². The summed E-state index contributed by atoms with van der Waals surface area (Å²) in [6.07, 6.45) is 4.14. The Balaban J connectivity index is 1.42. The van der Waals surface area contributed by atoms with Crippen molar-refractivity contribution < 1.29 is 0 Å². The second kappa shape index (κ2) is 7.48. The minimum absolute atomic E-state index is 0.334. The Morgan fingerprint density at radius 1 is 1.17 bits per heavy atom. The SMILES string of the molecule is Cc1ccc(-n2cnn(CN3CCC[C@H]3c3nc4ccccc4s3)c2=S)c(C)c1. The van der Waals surface area contributed by atoms with Gasteiger partial charge >= 0.3 is 0 Å². The van der Waals surface area contributed by atoms with Crippen molar-refractivity contribution in [3.8, 4) is 5.69 Å². The van der Waals surface area contributed by atoms with Crippen LogP contribution in [0.15, 0.2) is 48.8 Å². The molecule has 0 spiro atoms. The highest BCUT2D eigenvalue weighted by Gasteiger charge is 2.29. The maximum atomic E-state index is 5.77. The average molecular weight is 422 g/mol. The third-order valence-electron chi connectivity index (χ3n) is 5.62. The quantitative estimate of drug-likeness (QED) is 0.412. The molecule has 7 heteroatoms. The Kier molecular flexibility index (Phi) is 4.81. The van der Waals surface area contributed by atoms with E-state index in [2.05, 4.69) is 66.3 Å². The van der Waals surface area contributed by atoms with Gasteiger partial charge in [0.25, 0.3) is 0 Å². The number of thiazole rings is 1. The van der Waals surface area contributed by atoms with E-state index in [9.17, 15) is 0 Å². The lowest BCUT2D eigenvalue weighted by molar-refractivity contribution is 0.190. The molecule has 3 heterocycles. The number of benzene rings is 2. The molecule has 0 N–H and O–H groups in total. The summed E-state index contributed by atoms with van der Waals surface area (Å²) in [6, 6.07) is 15.1. The Morgan fingerprint density at radius 3 is 2.86 bits per heavy atom. The molecule has 0 amide bonds. The Morgan fingerprint density at radius 2 is 2.03 bits per heavy atom. The van der Waals surface area contributed by atoms with E-state index in [-0.39, 0.29) is 0 Å². The fourth-order valence-electron chi connectivity index (χ4n) is 4.15. The fraction of sp³-hybridized carbons (Fsp3) is 0.318. The predicted molar refractivity (Wildman–Crippen MR) is 120 cm³/mol. The standard InChI is InChI=1S/C22H23N5S2/c1-15-9-10-18(16(2)12-15)26-13-23-27(22(26)28)14-25-11-5-7-19(25)21-24-17-6-3-4-8-20(17)29-21/h3-4,6,8-10,12-13,19H,5,7,11,14H2,1-2H3/t19-/m0/s1. The normalized spacial score (nSPS) is 17.4. The third kappa shape index (κ3) is 3.43. The number of rotatable bonds is 4. The van der Waals surface area contributed by atoms with Crippen molar-refractivity contribution in [1.82, 2.24) is 24.2 Å². The summed E-state index contributed by atoms with van der Waals surface area (Å²) in [4.78, 5) is 7.35. The minimum atomic E-state index is 0.334. The summed E-state index contributed by atoms with van der Waals surface area (Å²) >= 11 is 7.57. The molecule has 5 rings (SSSR count). The first kappa shape index (κ1) is 18.7.